The molecular formula is C14H20ClF3N2O. The van der Waals surface area contributed by atoms with E-state index in [1.807, 2.05) is 20.8 Å². The highest BCUT2D eigenvalue weighted by Crippen LogP contribution is 2.24. The largest absolute Gasteiger partial charge is 0.477 e. The Bertz CT molecular complexity index is 459. The Hall–Kier alpha value is -1.01. The summed E-state index contributed by atoms with van der Waals surface area (Å²) in [7, 11) is 0. The van der Waals surface area contributed by atoms with Crippen LogP contribution in [0.3, 0.4) is 0 Å². The first-order chi connectivity index (χ1) is 9.57. The topological polar surface area (TPSA) is 34.2 Å². The van der Waals surface area contributed by atoms with Crippen LogP contribution in [-0.2, 0) is 6.54 Å². The van der Waals surface area contributed by atoms with Crippen molar-refractivity contribution < 1.29 is 17.9 Å². The molecule has 1 aromatic heterocycles. The second-order valence-corrected chi connectivity index (χ2v) is 6.21. The fourth-order valence-electron chi connectivity index (χ4n) is 1.48. The van der Waals surface area contributed by atoms with Crippen LogP contribution >= 0.6 is 11.6 Å². The van der Waals surface area contributed by atoms with Crippen molar-refractivity contribution in [2.75, 3.05) is 6.61 Å². The van der Waals surface area contributed by atoms with Gasteiger partial charge in [-0.2, -0.15) is 13.2 Å². The number of alkyl halides is 3. The first-order valence-electron chi connectivity index (χ1n) is 6.66. The number of nitrogens with zero attached hydrogens (tertiary/aromatic N) is 1. The summed E-state index contributed by atoms with van der Waals surface area (Å²) < 4.78 is 41.1. The van der Waals surface area contributed by atoms with Crippen LogP contribution in [0, 0.1) is 0 Å². The van der Waals surface area contributed by atoms with E-state index >= 15 is 0 Å². The van der Waals surface area contributed by atoms with Crippen LogP contribution in [-0.4, -0.2) is 23.3 Å². The molecule has 3 nitrogen and oxygen atoms in total. The van der Waals surface area contributed by atoms with Crippen molar-refractivity contribution in [1.29, 1.82) is 0 Å². The molecule has 0 saturated carbocycles. The number of hydrogen-bond donors (Lipinski definition) is 1. The highest BCUT2D eigenvalue weighted by Gasteiger charge is 2.26. The van der Waals surface area contributed by atoms with Crippen LogP contribution in [0.5, 0.6) is 5.88 Å². The van der Waals surface area contributed by atoms with Crippen LogP contribution in [0.1, 0.15) is 39.2 Å². The maximum atomic E-state index is 12.0. The molecule has 120 valence electrons. The molecule has 1 rings (SSSR count). The van der Waals surface area contributed by atoms with Crippen molar-refractivity contribution in [2.24, 2.45) is 0 Å². The lowest BCUT2D eigenvalue weighted by molar-refractivity contribution is -0.136. The Kier molecular flexibility index (Phi) is 6.28. The summed E-state index contributed by atoms with van der Waals surface area (Å²) in [6.45, 7) is 6.66. The zero-order valence-electron chi connectivity index (χ0n) is 12.4. The normalized spacial score (nSPS) is 12.5. The van der Waals surface area contributed by atoms with Gasteiger partial charge in [0, 0.05) is 24.7 Å². The van der Waals surface area contributed by atoms with E-state index in [0.717, 1.165) is 5.56 Å². The van der Waals surface area contributed by atoms with Crippen molar-refractivity contribution in [2.45, 2.75) is 51.9 Å². The molecule has 0 aliphatic heterocycles. The third-order valence-corrected chi connectivity index (χ3v) is 2.80. The SMILES string of the molecule is CC(C)(C)NCc1cnc(OCCCC(F)(F)F)c(Cl)c1. The third kappa shape index (κ3) is 8.12. The molecule has 0 atom stereocenters. The minimum absolute atomic E-state index is 0.0285. The Morgan fingerprint density at radius 1 is 1.29 bits per heavy atom. The second kappa shape index (κ2) is 7.31. The van der Waals surface area contributed by atoms with E-state index in [4.69, 9.17) is 16.3 Å². The minimum atomic E-state index is -4.16. The third-order valence-electron chi connectivity index (χ3n) is 2.53. The predicted octanol–water partition coefficient (Wildman–Crippen LogP) is 4.34. The lowest BCUT2D eigenvalue weighted by Gasteiger charge is -2.20. The van der Waals surface area contributed by atoms with E-state index < -0.39 is 12.6 Å². The number of ether oxygens (including phenoxy) is 1. The Morgan fingerprint density at radius 3 is 2.48 bits per heavy atom. The molecule has 0 aliphatic carbocycles. The number of hydrogen-bond acceptors (Lipinski definition) is 3. The fraction of sp³-hybridized carbons (Fsp3) is 0.643. The number of rotatable bonds is 6. The van der Waals surface area contributed by atoms with Gasteiger partial charge in [-0.3, -0.25) is 0 Å². The van der Waals surface area contributed by atoms with E-state index in [9.17, 15) is 13.2 Å². The molecule has 0 unspecified atom stereocenters. The summed E-state index contributed by atoms with van der Waals surface area (Å²) in [5, 5.41) is 3.59. The number of pyridine rings is 1. The predicted molar refractivity (Wildman–Crippen MR) is 76.6 cm³/mol. The number of aromatic nitrogens is 1. The Labute approximate surface area is 127 Å². The molecule has 0 aliphatic rings. The zero-order chi connectivity index (χ0) is 16.1. The first kappa shape index (κ1) is 18.0. The molecule has 7 heteroatoms. The van der Waals surface area contributed by atoms with Gasteiger partial charge in [-0.05, 0) is 38.8 Å². The van der Waals surface area contributed by atoms with Gasteiger partial charge in [0.2, 0.25) is 5.88 Å². The van der Waals surface area contributed by atoms with Gasteiger partial charge in [-0.25, -0.2) is 4.98 Å². The van der Waals surface area contributed by atoms with Crippen molar-refractivity contribution in [3.05, 3.63) is 22.8 Å². The van der Waals surface area contributed by atoms with Gasteiger partial charge in [0.05, 0.1) is 6.61 Å². The molecule has 0 spiro atoms. The summed E-state index contributed by atoms with van der Waals surface area (Å²) in [6, 6.07) is 1.70. The Morgan fingerprint density at radius 2 is 1.95 bits per heavy atom. The van der Waals surface area contributed by atoms with Gasteiger partial charge in [0.25, 0.3) is 0 Å². The molecular weight excluding hydrogens is 305 g/mol. The maximum Gasteiger partial charge on any atom is 0.389 e. The number of halogens is 4. The van der Waals surface area contributed by atoms with Gasteiger partial charge in [0.1, 0.15) is 5.02 Å². The standard InChI is InChI=1S/C14H20ClF3N2O/c1-13(2,3)20-9-10-7-11(15)12(19-8-10)21-6-4-5-14(16,17)18/h7-8,20H,4-6,9H2,1-3H3. The molecule has 0 aromatic carbocycles. The summed E-state index contributed by atoms with van der Waals surface area (Å²) in [6.07, 6.45) is -3.56. The quantitative estimate of drug-likeness (QED) is 0.790. The molecule has 0 bridgehead atoms. The molecule has 0 amide bonds. The van der Waals surface area contributed by atoms with Gasteiger partial charge >= 0.3 is 6.18 Å². The summed E-state index contributed by atoms with van der Waals surface area (Å²) in [5.74, 6) is 0.165. The van der Waals surface area contributed by atoms with E-state index in [-0.39, 0.29) is 24.4 Å². The highest BCUT2D eigenvalue weighted by molar-refractivity contribution is 6.31. The van der Waals surface area contributed by atoms with E-state index in [0.29, 0.717) is 11.6 Å². The zero-order valence-corrected chi connectivity index (χ0v) is 13.1. The first-order valence-corrected chi connectivity index (χ1v) is 7.04. The molecule has 0 radical (unpaired) electrons. The summed E-state index contributed by atoms with van der Waals surface area (Å²) in [4.78, 5) is 4.04. The van der Waals surface area contributed by atoms with Crippen LogP contribution in [0.15, 0.2) is 12.3 Å². The van der Waals surface area contributed by atoms with Crippen molar-refractivity contribution in [1.82, 2.24) is 10.3 Å². The monoisotopic (exact) mass is 324 g/mol. The maximum absolute atomic E-state index is 12.0. The fourth-order valence-corrected chi connectivity index (χ4v) is 1.72. The van der Waals surface area contributed by atoms with E-state index in [2.05, 4.69) is 10.3 Å². The van der Waals surface area contributed by atoms with Crippen LogP contribution in [0.2, 0.25) is 5.02 Å². The second-order valence-electron chi connectivity index (χ2n) is 5.80. The highest BCUT2D eigenvalue weighted by atomic mass is 35.5. The van der Waals surface area contributed by atoms with Crippen LogP contribution in [0.25, 0.3) is 0 Å². The minimum Gasteiger partial charge on any atom is -0.477 e. The van der Waals surface area contributed by atoms with Gasteiger partial charge in [0.15, 0.2) is 0 Å². The average Bonchev–Trinajstić information content (AvgIpc) is 2.32. The lowest BCUT2D eigenvalue weighted by Crippen LogP contribution is -2.35. The average molecular weight is 325 g/mol. The molecule has 21 heavy (non-hydrogen) atoms. The molecule has 1 heterocycles. The summed E-state index contributed by atoms with van der Waals surface area (Å²) >= 11 is 6.01. The van der Waals surface area contributed by atoms with Crippen molar-refractivity contribution in [3.8, 4) is 5.88 Å². The molecule has 1 aromatic rings. The lowest BCUT2D eigenvalue weighted by atomic mass is 10.1. The van der Waals surface area contributed by atoms with E-state index in [1.165, 1.54) is 0 Å². The molecule has 0 saturated heterocycles. The smallest absolute Gasteiger partial charge is 0.389 e. The van der Waals surface area contributed by atoms with Gasteiger partial charge in [-0.15, -0.1) is 0 Å². The van der Waals surface area contributed by atoms with Crippen LogP contribution < -0.4 is 10.1 Å². The van der Waals surface area contributed by atoms with Gasteiger partial charge in [-0.1, -0.05) is 11.6 Å². The molecule has 1 N–H and O–H groups in total. The van der Waals surface area contributed by atoms with Crippen LogP contribution in [0.4, 0.5) is 13.2 Å². The van der Waals surface area contributed by atoms with Gasteiger partial charge < -0.3 is 10.1 Å². The van der Waals surface area contributed by atoms with E-state index in [1.54, 1.807) is 12.3 Å². The molecule has 0 fully saturated rings. The Balaban J connectivity index is 2.47. The number of nitrogens with one attached hydrogen (secondary N) is 1. The van der Waals surface area contributed by atoms with Crippen molar-refractivity contribution >= 4 is 11.6 Å². The summed E-state index contributed by atoms with van der Waals surface area (Å²) in [5.41, 5.74) is 0.858. The van der Waals surface area contributed by atoms with Crippen molar-refractivity contribution in [3.63, 3.8) is 0 Å².